The number of H-pyrrole nitrogens is 1. The average molecular weight is 244 g/mol. The van der Waals surface area contributed by atoms with Gasteiger partial charge in [-0.25, -0.2) is 0 Å². The Morgan fingerprint density at radius 3 is 2.83 bits per heavy atom. The first-order valence-corrected chi connectivity index (χ1v) is 5.45. The minimum absolute atomic E-state index is 0.324. The molecule has 0 bridgehead atoms. The number of nitrogens with one attached hydrogen (secondary N) is 1. The van der Waals surface area contributed by atoms with Crippen LogP contribution < -0.4 is 10.5 Å². The first-order chi connectivity index (χ1) is 8.72. The average Bonchev–Trinajstić information content (AvgIpc) is 2.96. The lowest BCUT2D eigenvalue weighted by molar-refractivity contribution is 0.419. The van der Waals surface area contributed by atoms with Crippen LogP contribution in [0.1, 0.15) is 5.69 Å². The van der Waals surface area contributed by atoms with Crippen molar-refractivity contribution in [3.8, 4) is 16.9 Å². The Bertz CT molecular complexity index is 714. The van der Waals surface area contributed by atoms with Crippen molar-refractivity contribution in [2.45, 2.75) is 6.92 Å². The topological polar surface area (TPSA) is 90.0 Å². The first kappa shape index (κ1) is 10.6. The Morgan fingerprint density at radius 1 is 1.33 bits per heavy atom. The number of hydrogen-bond donors (Lipinski definition) is 2. The van der Waals surface area contributed by atoms with Gasteiger partial charge in [-0.3, -0.25) is 5.10 Å². The quantitative estimate of drug-likeness (QED) is 0.720. The number of nitrogen functional groups attached to an aromatic ring is 1. The highest BCUT2D eigenvalue weighted by molar-refractivity contribution is 6.01. The second-order valence-electron chi connectivity index (χ2n) is 3.97. The van der Waals surface area contributed by atoms with Gasteiger partial charge in [0.05, 0.1) is 12.8 Å². The van der Waals surface area contributed by atoms with E-state index in [1.807, 2.05) is 25.3 Å². The van der Waals surface area contributed by atoms with Crippen molar-refractivity contribution in [1.82, 2.24) is 15.4 Å². The second-order valence-corrected chi connectivity index (χ2v) is 3.97. The van der Waals surface area contributed by atoms with E-state index in [4.69, 9.17) is 15.0 Å². The van der Waals surface area contributed by atoms with Crippen molar-refractivity contribution in [3.63, 3.8) is 0 Å². The summed E-state index contributed by atoms with van der Waals surface area (Å²) >= 11 is 0. The molecule has 0 atom stereocenters. The van der Waals surface area contributed by atoms with Crippen LogP contribution in [0.5, 0.6) is 5.75 Å². The zero-order valence-corrected chi connectivity index (χ0v) is 10.0. The van der Waals surface area contributed by atoms with Crippen LogP contribution in [0, 0.1) is 6.92 Å². The van der Waals surface area contributed by atoms with E-state index in [0.717, 1.165) is 16.8 Å². The lowest BCUT2D eigenvalue weighted by Gasteiger charge is -2.04. The summed E-state index contributed by atoms with van der Waals surface area (Å²) in [6.45, 7) is 1.92. The van der Waals surface area contributed by atoms with Crippen molar-refractivity contribution in [1.29, 1.82) is 0 Å². The molecule has 0 aliphatic heterocycles. The highest BCUT2D eigenvalue weighted by Crippen LogP contribution is 2.37. The van der Waals surface area contributed by atoms with Crippen LogP contribution in [0.4, 0.5) is 5.82 Å². The minimum atomic E-state index is 0.324. The largest absolute Gasteiger partial charge is 0.496 e. The van der Waals surface area contributed by atoms with Crippen molar-refractivity contribution >= 4 is 16.8 Å². The molecule has 0 radical (unpaired) electrons. The first-order valence-electron chi connectivity index (χ1n) is 5.45. The molecule has 0 unspecified atom stereocenters. The predicted octanol–water partition coefficient (Wildman–Crippen LogP) is 2.12. The molecule has 6 heteroatoms. The fourth-order valence-corrected chi connectivity index (χ4v) is 2.06. The van der Waals surface area contributed by atoms with Crippen molar-refractivity contribution < 1.29 is 9.26 Å². The second kappa shape index (κ2) is 3.76. The third-order valence-electron chi connectivity index (χ3n) is 2.95. The maximum Gasteiger partial charge on any atom is 0.180 e. The number of fused-ring (bicyclic) bond motifs is 1. The van der Waals surface area contributed by atoms with Gasteiger partial charge in [-0.1, -0.05) is 5.16 Å². The van der Waals surface area contributed by atoms with Crippen LogP contribution in [-0.4, -0.2) is 22.5 Å². The zero-order valence-electron chi connectivity index (χ0n) is 10.0. The van der Waals surface area contributed by atoms with E-state index in [1.165, 1.54) is 0 Å². The van der Waals surface area contributed by atoms with Crippen LogP contribution in [0.25, 0.3) is 22.1 Å². The number of nitrogens with zero attached hydrogens (tertiary/aromatic N) is 2. The number of methoxy groups -OCH3 is 1. The summed E-state index contributed by atoms with van der Waals surface area (Å²) in [7, 11) is 1.59. The van der Waals surface area contributed by atoms with Gasteiger partial charge in [-0.05, 0) is 19.1 Å². The van der Waals surface area contributed by atoms with Crippen LogP contribution in [0.2, 0.25) is 0 Å². The van der Waals surface area contributed by atoms with Gasteiger partial charge in [0.1, 0.15) is 11.1 Å². The normalized spacial score (nSPS) is 11.0. The monoisotopic (exact) mass is 244 g/mol. The summed E-state index contributed by atoms with van der Waals surface area (Å²) in [5, 5.41) is 11.4. The molecule has 0 aliphatic carbocycles. The van der Waals surface area contributed by atoms with Crippen LogP contribution in [0.15, 0.2) is 22.9 Å². The van der Waals surface area contributed by atoms with Gasteiger partial charge in [0.25, 0.3) is 0 Å². The molecule has 0 aliphatic rings. The number of nitrogens with two attached hydrogens (primary N) is 1. The van der Waals surface area contributed by atoms with Gasteiger partial charge in [0.15, 0.2) is 11.4 Å². The Labute approximate surface area is 103 Å². The molecule has 0 saturated heterocycles. The zero-order chi connectivity index (χ0) is 12.7. The Hall–Kier alpha value is -2.50. The molecular weight excluding hydrogens is 232 g/mol. The maximum absolute atomic E-state index is 5.80. The molecule has 3 aromatic rings. The Balaban J connectivity index is 2.36. The molecule has 0 fully saturated rings. The van der Waals surface area contributed by atoms with Crippen molar-refractivity contribution in [2.24, 2.45) is 0 Å². The highest BCUT2D eigenvalue weighted by atomic mass is 16.5. The lowest BCUT2D eigenvalue weighted by atomic mass is 10.0. The number of rotatable bonds is 2. The molecule has 1 aromatic carbocycles. The summed E-state index contributed by atoms with van der Waals surface area (Å²) in [5.41, 5.74) is 9.15. The summed E-state index contributed by atoms with van der Waals surface area (Å²) in [4.78, 5) is 0. The summed E-state index contributed by atoms with van der Waals surface area (Å²) < 4.78 is 10.6. The van der Waals surface area contributed by atoms with E-state index in [2.05, 4.69) is 15.4 Å². The number of hydrogen-bond acceptors (Lipinski definition) is 5. The predicted molar refractivity (Wildman–Crippen MR) is 67.3 cm³/mol. The number of aromatic amines is 1. The van der Waals surface area contributed by atoms with E-state index in [1.54, 1.807) is 7.11 Å². The van der Waals surface area contributed by atoms with E-state index in [9.17, 15) is 0 Å². The van der Waals surface area contributed by atoms with Gasteiger partial charge in [-0.2, -0.15) is 5.10 Å². The third-order valence-corrected chi connectivity index (χ3v) is 2.95. The van der Waals surface area contributed by atoms with Gasteiger partial charge < -0.3 is 15.0 Å². The van der Waals surface area contributed by atoms with Crippen LogP contribution in [0.3, 0.4) is 0 Å². The fraction of sp³-hybridized carbons (Fsp3) is 0.167. The summed E-state index contributed by atoms with van der Waals surface area (Å²) in [5.74, 6) is 0.971. The molecule has 2 heterocycles. The Kier molecular flexibility index (Phi) is 2.22. The van der Waals surface area contributed by atoms with Crippen molar-refractivity contribution in [2.75, 3.05) is 12.8 Å². The standard InChI is InChI=1S/C12H12N4O2/c1-6-8(5-14-15-6)7-3-4-9(17-2)10-11(7)18-16-12(10)13/h3-5H,1-2H3,(H2,13,16)(H,14,15). The molecular formula is C12H12N4O2. The third kappa shape index (κ3) is 1.35. The van der Waals surface area contributed by atoms with Gasteiger partial charge in [-0.15, -0.1) is 0 Å². The number of aryl methyl sites for hydroxylation is 1. The van der Waals surface area contributed by atoms with Crippen LogP contribution in [-0.2, 0) is 0 Å². The number of anilines is 1. The molecule has 6 nitrogen and oxygen atoms in total. The number of aromatic nitrogens is 3. The van der Waals surface area contributed by atoms with E-state index < -0.39 is 0 Å². The maximum atomic E-state index is 5.80. The molecule has 0 amide bonds. The molecule has 3 rings (SSSR count). The van der Waals surface area contributed by atoms with Crippen molar-refractivity contribution in [3.05, 3.63) is 24.0 Å². The number of benzene rings is 1. The molecule has 0 saturated carbocycles. The number of ether oxygens (including phenoxy) is 1. The fourth-order valence-electron chi connectivity index (χ4n) is 2.06. The molecule has 18 heavy (non-hydrogen) atoms. The molecule has 0 spiro atoms. The Morgan fingerprint density at radius 2 is 2.17 bits per heavy atom. The van der Waals surface area contributed by atoms with Gasteiger partial charge in [0, 0.05) is 17.3 Å². The van der Waals surface area contributed by atoms with E-state index >= 15 is 0 Å². The molecule has 92 valence electrons. The minimum Gasteiger partial charge on any atom is -0.496 e. The van der Waals surface area contributed by atoms with Gasteiger partial charge >= 0.3 is 0 Å². The van der Waals surface area contributed by atoms with Gasteiger partial charge in [0.2, 0.25) is 0 Å². The molecule has 3 N–H and O–H groups in total. The smallest absolute Gasteiger partial charge is 0.180 e. The highest BCUT2D eigenvalue weighted by Gasteiger charge is 2.17. The van der Waals surface area contributed by atoms with E-state index in [0.29, 0.717) is 22.5 Å². The summed E-state index contributed by atoms with van der Waals surface area (Å²) in [6.07, 6.45) is 1.81. The van der Waals surface area contributed by atoms with Crippen LogP contribution >= 0.6 is 0 Å². The molecule has 2 aromatic heterocycles. The SMILES string of the molecule is COc1ccc(-c2c[nH]nc2C)c2onc(N)c12. The lowest BCUT2D eigenvalue weighted by Crippen LogP contribution is -1.89. The van der Waals surface area contributed by atoms with E-state index in [-0.39, 0.29) is 0 Å². The summed E-state index contributed by atoms with van der Waals surface area (Å²) in [6, 6.07) is 3.75.